The van der Waals surface area contributed by atoms with Crippen LogP contribution < -0.4 is 4.74 Å². The molecule has 2 rings (SSSR count). The van der Waals surface area contributed by atoms with E-state index in [9.17, 15) is 4.79 Å². The van der Waals surface area contributed by atoms with Crippen molar-refractivity contribution >= 4 is 5.78 Å². The van der Waals surface area contributed by atoms with Crippen molar-refractivity contribution in [2.45, 2.75) is 32.3 Å². The van der Waals surface area contributed by atoms with Crippen LogP contribution in [0.4, 0.5) is 0 Å². The van der Waals surface area contributed by atoms with Gasteiger partial charge >= 0.3 is 0 Å². The first-order valence-corrected chi connectivity index (χ1v) is 6.46. The Bertz CT molecular complexity index is 513. The van der Waals surface area contributed by atoms with E-state index in [0.29, 0.717) is 12.8 Å². The first-order chi connectivity index (χ1) is 9.05. The van der Waals surface area contributed by atoms with Crippen molar-refractivity contribution < 1.29 is 14.3 Å². The third kappa shape index (κ3) is 2.19. The quantitative estimate of drug-likeness (QED) is 0.837. The third-order valence-electron chi connectivity index (χ3n) is 4.20. The Morgan fingerprint density at radius 1 is 1.11 bits per heavy atom. The molecule has 1 aromatic carbocycles. The van der Waals surface area contributed by atoms with Gasteiger partial charge in [-0.15, -0.1) is 0 Å². The second-order valence-electron chi connectivity index (χ2n) is 4.93. The minimum absolute atomic E-state index is 0.221. The summed E-state index contributed by atoms with van der Waals surface area (Å²) in [7, 11) is 3.35. The molecule has 0 amide bonds. The van der Waals surface area contributed by atoms with Gasteiger partial charge in [-0.1, -0.05) is 12.1 Å². The monoisotopic (exact) mass is 260 g/mol. The summed E-state index contributed by atoms with van der Waals surface area (Å²) in [5.41, 5.74) is 2.42. The lowest BCUT2D eigenvalue weighted by atomic mass is 9.75. The van der Waals surface area contributed by atoms with E-state index < -0.39 is 5.60 Å². The Morgan fingerprint density at radius 3 is 2.26 bits per heavy atom. The van der Waals surface area contributed by atoms with Crippen LogP contribution in [0.15, 0.2) is 35.4 Å². The van der Waals surface area contributed by atoms with Crippen LogP contribution in [0.1, 0.15) is 32.3 Å². The molecule has 1 aromatic rings. The molecule has 0 heterocycles. The number of carbonyl (C=O) groups excluding carboxylic acids is 1. The van der Waals surface area contributed by atoms with Gasteiger partial charge in [0.25, 0.3) is 0 Å². The molecule has 0 bridgehead atoms. The number of carbonyl (C=O) groups is 1. The summed E-state index contributed by atoms with van der Waals surface area (Å²) < 4.78 is 11.0. The van der Waals surface area contributed by atoms with Crippen molar-refractivity contribution in [1.82, 2.24) is 0 Å². The van der Waals surface area contributed by atoms with Crippen molar-refractivity contribution in [3.63, 3.8) is 0 Å². The summed E-state index contributed by atoms with van der Waals surface area (Å²) in [6.45, 7) is 3.87. The molecule has 1 unspecified atom stereocenters. The normalized spacial score (nSPS) is 23.7. The second kappa shape index (κ2) is 5.17. The summed E-state index contributed by atoms with van der Waals surface area (Å²) >= 11 is 0. The molecule has 1 atom stereocenters. The molecule has 1 aliphatic rings. The van der Waals surface area contributed by atoms with Crippen LogP contribution in [-0.4, -0.2) is 20.0 Å². The molecular weight excluding hydrogens is 240 g/mol. The van der Waals surface area contributed by atoms with Gasteiger partial charge in [0.15, 0.2) is 5.78 Å². The minimum Gasteiger partial charge on any atom is -0.497 e. The molecule has 0 saturated carbocycles. The van der Waals surface area contributed by atoms with Crippen LogP contribution in [0.5, 0.6) is 5.75 Å². The maximum absolute atomic E-state index is 11.8. The van der Waals surface area contributed by atoms with Crippen LogP contribution in [0, 0.1) is 0 Å². The van der Waals surface area contributed by atoms with E-state index in [4.69, 9.17) is 9.47 Å². The SMILES string of the molecule is COc1ccc(C2(OC)CCC(=O)C(C)=C2C)cc1. The standard InChI is InChI=1S/C16H20O3/c1-11-12(2)16(19-4,10-9-15(11)17)13-5-7-14(18-3)8-6-13/h5-8H,9-10H2,1-4H3. The lowest BCUT2D eigenvalue weighted by Gasteiger charge is -2.38. The fraction of sp³-hybridized carbons (Fsp3) is 0.438. The van der Waals surface area contributed by atoms with E-state index in [1.54, 1.807) is 14.2 Å². The van der Waals surface area contributed by atoms with Gasteiger partial charge in [0.2, 0.25) is 0 Å². The molecule has 0 fully saturated rings. The minimum atomic E-state index is -0.482. The molecule has 3 heteroatoms. The smallest absolute Gasteiger partial charge is 0.158 e. The van der Waals surface area contributed by atoms with Gasteiger partial charge in [0, 0.05) is 13.5 Å². The molecule has 0 aliphatic heterocycles. The molecule has 0 N–H and O–H groups in total. The number of rotatable bonds is 3. The highest BCUT2D eigenvalue weighted by atomic mass is 16.5. The molecular formula is C16H20O3. The highest BCUT2D eigenvalue weighted by molar-refractivity contribution is 5.97. The van der Waals surface area contributed by atoms with E-state index in [2.05, 4.69) is 0 Å². The third-order valence-corrected chi connectivity index (χ3v) is 4.20. The molecule has 0 spiro atoms. The molecule has 0 aromatic heterocycles. The fourth-order valence-electron chi connectivity index (χ4n) is 2.77. The summed E-state index contributed by atoms with van der Waals surface area (Å²) in [5.74, 6) is 1.04. The van der Waals surface area contributed by atoms with Crippen molar-refractivity contribution in [3.8, 4) is 5.75 Å². The van der Waals surface area contributed by atoms with Gasteiger partial charge in [-0.2, -0.15) is 0 Å². The number of allylic oxidation sites excluding steroid dienone is 1. The fourth-order valence-corrected chi connectivity index (χ4v) is 2.77. The lowest BCUT2D eigenvalue weighted by Crippen LogP contribution is -2.35. The topological polar surface area (TPSA) is 35.5 Å². The molecule has 19 heavy (non-hydrogen) atoms. The summed E-state index contributed by atoms with van der Waals surface area (Å²) in [6.07, 6.45) is 1.22. The van der Waals surface area contributed by atoms with Crippen molar-refractivity contribution in [1.29, 1.82) is 0 Å². The Hall–Kier alpha value is -1.61. The zero-order chi connectivity index (χ0) is 14.0. The Morgan fingerprint density at radius 2 is 1.74 bits per heavy atom. The van der Waals surface area contributed by atoms with Crippen LogP contribution >= 0.6 is 0 Å². The van der Waals surface area contributed by atoms with Crippen LogP contribution in [0.25, 0.3) is 0 Å². The van der Waals surface area contributed by atoms with E-state index >= 15 is 0 Å². The molecule has 0 saturated heterocycles. The molecule has 102 valence electrons. The summed E-state index contributed by atoms with van der Waals surface area (Å²) in [4.78, 5) is 11.8. The Kier molecular flexibility index (Phi) is 3.76. The van der Waals surface area contributed by atoms with Gasteiger partial charge in [0.1, 0.15) is 11.4 Å². The zero-order valence-electron chi connectivity index (χ0n) is 11.9. The maximum Gasteiger partial charge on any atom is 0.158 e. The predicted molar refractivity (Wildman–Crippen MR) is 74.3 cm³/mol. The second-order valence-corrected chi connectivity index (χ2v) is 4.93. The lowest BCUT2D eigenvalue weighted by molar-refractivity contribution is -0.118. The predicted octanol–water partition coefficient (Wildman–Crippen LogP) is 3.24. The Labute approximate surface area is 114 Å². The van der Waals surface area contributed by atoms with E-state index in [0.717, 1.165) is 22.5 Å². The zero-order valence-corrected chi connectivity index (χ0v) is 11.9. The Balaban J connectivity index is 2.51. The average Bonchev–Trinajstić information content (AvgIpc) is 2.46. The van der Waals surface area contributed by atoms with Gasteiger partial charge in [0.05, 0.1) is 7.11 Å². The highest BCUT2D eigenvalue weighted by Crippen LogP contribution is 2.42. The van der Waals surface area contributed by atoms with Crippen LogP contribution in [0.2, 0.25) is 0 Å². The van der Waals surface area contributed by atoms with Crippen molar-refractivity contribution in [2.24, 2.45) is 0 Å². The molecule has 1 aliphatic carbocycles. The van der Waals surface area contributed by atoms with E-state index in [1.807, 2.05) is 38.1 Å². The highest BCUT2D eigenvalue weighted by Gasteiger charge is 2.39. The molecule has 3 nitrogen and oxygen atoms in total. The number of hydrogen-bond donors (Lipinski definition) is 0. The summed E-state index contributed by atoms with van der Waals surface area (Å²) in [5, 5.41) is 0. The largest absolute Gasteiger partial charge is 0.497 e. The van der Waals surface area contributed by atoms with Crippen molar-refractivity contribution in [2.75, 3.05) is 14.2 Å². The van der Waals surface area contributed by atoms with E-state index in [1.165, 1.54) is 0 Å². The first kappa shape index (κ1) is 13.8. The van der Waals surface area contributed by atoms with Crippen molar-refractivity contribution in [3.05, 3.63) is 41.0 Å². The number of ether oxygens (including phenoxy) is 2. The molecule has 0 radical (unpaired) electrons. The van der Waals surface area contributed by atoms with Gasteiger partial charge in [-0.05, 0) is 49.1 Å². The van der Waals surface area contributed by atoms with Gasteiger partial charge in [-0.25, -0.2) is 0 Å². The summed E-state index contributed by atoms with van der Waals surface area (Å²) in [6, 6.07) is 7.87. The number of benzene rings is 1. The van der Waals surface area contributed by atoms with Crippen LogP contribution in [-0.2, 0) is 15.1 Å². The van der Waals surface area contributed by atoms with Gasteiger partial charge in [-0.3, -0.25) is 4.79 Å². The van der Waals surface area contributed by atoms with Crippen LogP contribution in [0.3, 0.4) is 0 Å². The number of methoxy groups -OCH3 is 2. The van der Waals surface area contributed by atoms with Gasteiger partial charge < -0.3 is 9.47 Å². The maximum atomic E-state index is 11.8. The number of hydrogen-bond acceptors (Lipinski definition) is 3. The first-order valence-electron chi connectivity index (χ1n) is 6.46. The van der Waals surface area contributed by atoms with E-state index in [-0.39, 0.29) is 5.78 Å². The average molecular weight is 260 g/mol. The number of Topliss-reactive ketones (excluding diaryl/α,β-unsaturated/α-hetero) is 1. The number of ketones is 1.